The average molecular weight is 205 g/mol. The van der Waals surface area contributed by atoms with Gasteiger partial charge in [0.05, 0.1) is 4.92 Å². The summed E-state index contributed by atoms with van der Waals surface area (Å²) in [6.45, 7) is 1.68. The number of rotatable bonds is 3. The van der Waals surface area contributed by atoms with Crippen LogP contribution in [0.4, 0.5) is 5.69 Å². The monoisotopic (exact) mass is 205 g/mol. The Labute approximate surface area is 87.7 Å². The quantitative estimate of drug-likeness (QED) is 0.463. The molecule has 0 aliphatic rings. The van der Waals surface area contributed by atoms with Crippen molar-refractivity contribution in [3.63, 3.8) is 0 Å². The number of terminal acetylenes is 1. The predicted octanol–water partition coefficient (Wildman–Crippen LogP) is 1.67. The first-order valence-electron chi connectivity index (χ1n) is 4.46. The molecule has 1 rings (SSSR count). The van der Waals surface area contributed by atoms with E-state index in [9.17, 15) is 10.1 Å². The predicted molar refractivity (Wildman–Crippen MR) is 56.5 cm³/mol. The van der Waals surface area contributed by atoms with E-state index in [0.717, 1.165) is 0 Å². The normalized spacial score (nSPS) is 11.8. The molecule has 1 unspecified atom stereocenters. The minimum absolute atomic E-state index is 0.0875. The van der Waals surface area contributed by atoms with E-state index in [0.29, 0.717) is 5.56 Å². The molecule has 0 heterocycles. The maximum Gasteiger partial charge on any atom is 0.285 e. The Bertz CT molecular complexity index is 420. The number of aliphatic hydroxyl groups is 1. The van der Waals surface area contributed by atoms with Crippen molar-refractivity contribution in [1.82, 2.24) is 0 Å². The second-order valence-corrected chi connectivity index (χ2v) is 3.23. The van der Waals surface area contributed by atoms with Crippen LogP contribution in [0.15, 0.2) is 18.2 Å². The van der Waals surface area contributed by atoms with E-state index in [1.807, 2.05) is 0 Å². The fraction of sp³-hybridized carbons (Fsp3) is 0.273. The molecule has 0 radical (unpaired) electrons. The molecule has 0 aromatic heterocycles. The molecule has 0 spiro atoms. The van der Waals surface area contributed by atoms with Crippen LogP contribution in [0.2, 0.25) is 0 Å². The molecule has 78 valence electrons. The largest absolute Gasteiger partial charge is 0.396 e. The number of nitro groups is 1. The summed E-state index contributed by atoms with van der Waals surface area (Å²) in [6, 6.07) is 4.63. The van der Waals surface area contributed by atoms with Gasteiger partial charge in [0.2, 0.25) is 0 Å². The van der Waals surface area contributed by atoms with Crippen molar-refractivity contribution in [2.24, 2.45) is 0 Å². The van der Waals surface area contributed by atoms with Crippen LogP contribution in [-0.4, -0.2) is 16.6 Å². The highest BCUT2D eigenvalue weighted by molar-refractivity contribution is 5.55. The van der Waals surface area contributed by atoms with Gasteiger partial charge >= 0.3 is 0 Å². The molecule has 0 aliphatic heterocycles. The summed E-state index contributed by atoms with van der Waals surface area (Å²) in [6.07, 6.45) is 5.25. The first-order chi connectivity index (χ1) is 7.11. The standard InChI is InChI=1S/C11H11NO3/c1-3-9-10(8(2)7-13)5-4-6-11(9)12(14)15/h1,4-6,8,13H,7H2,2H3. The molecule has 0 saturated heterocycles. The average Bonchev–Trinajstić information content (AvgIpc) is 2.26. The van der Waals surface area contributed by atoms with E-state index in [4.69, 9.17) is 11.5 Å². The molecule has 4 heteroatoms. The number of nitro benzene ring substituents is 1. The molecular formula is C11H11NO3. The molecule has 0 saturated carbocycles. The van der Waals surface area contributed by atoms with Crippen LogP contribution >= 0.6 is 0 Å². The van der Waals surface area contributed by atoms with E-state index in [2.05, 4.69) is 5.92 Å². The van der Waals surface area contributed by atoms with E-state index in [1.54, 1.807) is 19.1 Å². The lowest BCUT2D eigenvalue weighted by atomic mass is 9.95. The third kappa shape index (κ3) is 2.14. The van der Waals surface area contributed by atoms with Crippen LogP contribution in [0.1, 0.15) is 24.0 Å². The van der Waals surface area contributed by atoms with Gasteiger partial charge in [-0.25, -0.2) is 0 Å². The van der Waals surface area contributed by atoms with Gasteiger partial charge in [0.1, 0.15) is 5.56 Å². The lowest BCUT2D eigenvalue weighted by Gasteiger charge is -2.10. The van der Waals surface area contributed by atoms with E-state index in [-0.39, 0.29) is 23.8 Å². The number of aliphatic hydroxyl groups excluding tert-OH is 1. The molecular weight excluding hydrogens is 194 g/mol. The summed E-state index contributed by atoms with van der Waals surface area (Å²) in [5.74, 6) is 2.11. The Morgan fingerprint density at radius 2 is 2.33 bits per heavy atom. The van der Waals surface area contributed by atoms with Gasteiger partial charge in [-0.3, -0.25) is 10.1 Å². The second kappa shape index (κ2) is 4.58. The highest BCUT2D eigenvalue weighted by atomic mass is 16.6. The highest BCUT2D eigenvalue weighted by Gasteiger charge is 2.18. The smallest absolute Gasteiger partial charge is 0.285 e. The van der Waals surface area contributed by atoms with Crippen molar-refractivity contribution >= 4 is 5.69 Å². The highest BCUT2D eigenvalue weighted by Crippen LogP contribution is 2.26. The molecule has 1 aromatic carbocycles. The maximum atomic E-state index is 10.7. The van der Waals surface area contributed by atoms with Gasteiger partial charge in [-0.2, -0.15) is 0 Å². The van der Waals surface area contributed by atoms with Crippen molar-refractivity contribution < 1.29 is 10.0 Å². The minimum atomic E-state index is -0.511. The van der Waals surface area contributed by atoms with Gasteiger partial charge in [0.25, 0.3) is 5.69 Å². The minimum Gasteiger partial charge on any atom is -0.396 e. The Morgan fingerprint density at radius 3 is 2.80 bits per heavy atom. The molecule has 4 nitrogen and oxygen atoms in total. The van der Waals surface area contributed by atoms with E-state index >= 15 is 0 Å². The number of hydrogen-bond acceptors (Lipinski definition) is 3. The molecule has 1 aromatic rings. The Morgan fingerprint density at radius 1 is 1.67 bits per heavy atom. The van der Waals surface area contributed by atoms with Gasteiger partial charge in [-0.05, 0) is 5.56 Å². The molecule has 1 N–H and O–H groups in total. The van der Waals surface area contributed by atoms with Gasteiger partial charge in [-0.1, -0.05) is 25.0 Å². The maximum absolute atomic E-state index is 10.7. The first-order valence-corrected chi connectivity index (χ1v) is 4.46. The fourth-order valence-electron chi connectivity index (χ4n) is 1.38. The van der Waals surface area contributed by atoms with Crippen molar-refractivity contribution in [3.8, 4) is 12.3 Å². The molecule has 0 aliphatic carbocycles. The van der Waals surface area contributed by atoms with Gasteiger partial charge in [-0.15, -0.1) is 6.42 Å². The van der Waals surface area contributed by atoms with Crippen molar-refractivity contribution in [1.29, 1.82) is 0 Å². The third-order valence-electron chi connectivity index (χ3n) is 2.22. The Kier molecular flexibility index (Phi) is 3.42. The fourth-order valence-corrected chi connectivity index (χ4v) is 1.38. The van der Waals surface area contributed by atoms with E-state index < -0.39 is 4.92 Å². The Hall–Kier alpha value is -1.86. The summed E-state index contributed by atoms with van der Waals surface area (Å²) in [5, 5.41) is 19.7. The zero-order chi connectivity index (χ0) is 11.4. The zero-order valence-electron chi connectivity index (χ0n) is 8.30. The van der Waals surface area contributed by atoms with Crippen LogP contribution < -0.4 is 0 Å². The molecule has 0 fully saturated rings. The van der Waals surface area contributed by atoms with Gasteiger partial charge in [0, 0.05) is 18.6 Å². The summed E-state index contributed by atoms with van der Waals surface area (Å²) in [4.78, 5) is 10.2. The summed E-state index contributed by atoms with van der Waals surface area (Å²) < 4.78 is 0. The zero-order valence-corrected chi connectivity index (χ0v) is 8.30. The van der Waals surface area contributed by atoms with Gasteiger partial charge in [0.15, 0.2) is 0 Å². The molecule has 0 bridgehead atoms. The molecule has 1 atom stereocenters. The number of hydrogen-bond donors (Lipinski definition) is 1. The van der Waals surface area contributed by atoms with E-state index in [1.165, 1.54) is 6.07 Å². The second-order valence-electron chi connectivity index (χ2n) is 3.23. The SMILES string of the molecule is C#Cc1c(C(C)CO)cccc1[N+](=O)[O-]. The number of benzene rings is 1. The van der Waals surface area contributed by atoms with Crippen molar-refractivity contribution in [2.75, 3.05) is 6.61 Å². The molecule has 15 heavy (non-hydrogen) atoms. The van der Waals surface area contributed by atoms with Crippen LogP contribution in [0.3, 0.4) is 0 Å². The molecule has 0 amide bonds. The van der Waals surface area contributed by atoms with Crippen LogP contribution in [0, 0.1) is 22.5 Å². The summed E-state index contributed by atoms with van der Waals surface area (Å²) in [5.41, 5.74) is 0.800. The summed E-state index contributed by atoms with van der Waals surface area (Å²) in [7, 11) is 0. The number of nitrogens with zero attached hydrogens (tertiary/aromatic N) is 1. The van der Waals surface area contributed by atoms with Crippen LogP contribution in [-0.2, 0) is 0 Å². The lowest BCUT2D eigenvalue weighted by molar-refractivity contribution is -0.385. The third-order valence-corrected chi connectivity index (χ3v) is 2.22. The Balaban J connectivity index is 3.36. The first kappa shape index (κ1) is 11.2. The lowest BCUT2D eigenvalue weighted by Crippen LogP contribution is -2.04. The van der Waals surface area contributed by atoms with Crippen molar-refractivity contribution in [3.05, 3.63) is 39.4 Å². The van der Waals surface area contributed by atoms with Crippen molar-refractivity contribution in [2.45, 2.75) is 12.8 Å². The van der Waals surface area contributed by atoms with Gasteiger partial charge < -0.3 is 5.11 Å². The summed E-state index contributed by atoms with van der Waals surface area (Å²) >= 11 is 0. The van der Waals surface area contributed by atoms with Crippen LogP contribution in [0.25, 0.3) is 0 Å². The van der Waals surface area contributed by atoms with Crippen LogP contribution in [0.5, 0.6) is 0 Å². The topological polar surface area (TPSA) is 63.4 Å².